The molecule has 0 aromatic heterocycles. The molecule has 0 heterocycles. The van der Waals surface area contributed by atoms with Gasteiger partial charge < -0.3 is 15.5 Å². The Morgan fingerprint density at radius 1 is 0.920 bits per heavy atom. The van der Waals surface area contributed by atoms with Crippen LogP contribution in [0.2, 0.25) is 5.02 Å². The molecule has 0 aliphatic rings. The van der Waals surface area contributed by atoms with E-state index in [0.717, 1.165) is 36.2 Å². The van der Waals surface area contributed by atoms with Gasteiger partial charge in [-0.25, -0.2) is 4.99 Å². The van der Waals surface area contributed by atoms with Crippen molar-refractivity contribution in [2.75, 3.05) is 20.6 Å². The number of nitrogens with zero attached hydrogens (tertiary/aromatic N) is 2. The van der Waals surface area contributed by atoms with Crippen LogP contribution in [0.3, 0.4) is 0 Å². The van der Waals surface area contributed by atoms with E-state index in [1.165, 1.54) is 11.1 Å². The molecule has 0 unspecified atom stereocenters. The van der Waals surface area contributed by atoms with Crippen molar-refractivity contribution >= 4 is 17.6 Å². The summed E-state index contributed by atoms with van der Waals surface area (Å²) in [5.74, 6) is 0.815. The van der Waals surface area contributed by atoms with Crippen LogP contribution in [0.15, 0.2) is 53.5 Å². The zero-order valence-electron chi connectivity index (χ0n) is 15.2. The molecule has 2 rings (SSSR count). The topological polar surface area (TPSA) is 39.7 Å². The van der Waals surface area contributed by atoms with Gasteiger partial charge in [-0.1, -0.05) is 48.0 Å². The minimum atomic E-state index is 0.619. The SMILES string of the molecule is CCNC(=NCc1ccc(Cl)cc1)NCc1ccc(CN(C)C)cc1. The van der Waals surface area contributed by atoms with Crippen molar-refractivity contribution in [2.45, 2.75) is 26.6 Å². The molecule has 2 aromatic carbocycles. The van der Waals surface area contributed by atoms with Gasteiger partial charge in [0.25, 0.3) is 0 Å². The predicted molar refractivity (Wildman–Crippen MR) is 107 cm³/mol. The number of benzene rings is 2. The number of rotatable bonds is 7. The standard InChI is InChI=1S/C20H27ClN4/c1-4-22-20(24-14-17-9-11-19(21)12-10-17)23-13-16-5-7-18(8-6-16)15-25(2)3/h5-12H,4,13-15H2,1-3H3,(H2,22,23,24). The first-order valence-electron chi connectivity index (χ1n) is 8.56. The first kappa shape index (κ1) is 19.3. The van der Waals surface area contributed by atoms with Crippen LogP contribution < -0.4 is 10.6 Å². The third-order valence-corrected chi connectivity index (χ3v) is 3.91. The predicted octanol–water partition coefficient (Wildman–Crippen LogP) is 3.66. The fourth-order valence-corrected chi connectivity index (χ4v) is 2.54. The van der Waals surface area contributed by atoms with E-state index in [1.54, 1.807) is 0 Å². The van der Waals surface area contributed by atoms with Crippen LogP contribution in [0.1, 0.15) is 23.6 Å². The van der Waals surface area contributed by atoms with Gasteiger partial charge in [0.2, 0.25) is 0 Å². The van der Waals surface area contributed by atoms with E-state index in [2.05, 4.69) is 65.8 Å². The summed E-state index contributed by atoms with van der Waals surface area (Å²) in [6, 6.07) is 16.5. The van der Waals surface area contributed by atoms with Gasteiger partial charge in [-0.15, -0.1) is 0 Å². The molecule has 0 spiro atoms. The second-order valence-corrected chi connectivity index (χ2v) is 6.67. The van der Waals surface area contributed by atoms with Crippen LogP contribution in [0.4, 0.5) is 0 Å². The summed E-state index contributed by atoms with van der Waals surface area (Å²) in [4.78, 5) is 6.80. The molecule has 0 aliphatic carbocycles. The molecule has 0 aliphatic heterocycles. The largest absolute Gasteiger partial charge is 0.357 e. The second kappa shape index (κ2) is 10.1. The molecule has 25 heavy (non-hydrogen) atoms. The fraction of sp³-hybridized carbons (Fsp3) is 0.350. The van der Waals surface area contributed by atoms with Crippen molar-refractivity contribution in [3.63, 3.8) is 0 Å². The maximum absolute atomic E-state index is 5.92. The summed E-state index contributed by atoms with van der Waals surface area (Å²) in [6.45, 7) is 5.21. The lowest BCUT2D eigenvalue weighted by Gasteiger charge is -2.13. The van der Waals surface area contributed by atoms with Gasteiger partial charge in [0.15, 0.2) is 5.96 Å². The van der Waals surface area contributed by atoms with Gasteiger partial charge >= 0.3 is 0 Å². The Kier molecular flexibility index (Phi) is 7.76. The summed E-state index contributed by atoms with van der Waals surface area (Å²) >= 11 is 5.92. The Morgan fingerprint density at radius 3 is 2.12 bits per heavy atom. The minimum absolute atomic E-state index is 0.619. The number of hydrogen-bond acceptors (Lipinski definition) is 2. The maximum atomic E-state index is 5.92. The van der Waals surface area contributed by atoms with Crippen molar-refractivity contribution in [3.05, 3.63) is 70.2 Å². The molecule has 0 saturated heterocycles. The first-order valence-corrected chi connectivity index (χ1v) is 8.94. The normalized spacial score (nSPS) is 11.6. The number of hydrogen-bond donors (Lipinski definition) is 2. The Morgan fingerprint density at radius 2 is 1.52 bits per heavy atom. The van der Waals surface area contributed by atoms with Crippen LogP contribution in [-0.4, -0.2) is 31.5 Å². The Hall–Kier alpha value is -2.04. The Balaban J connectivity index is 1.91. The minimum Gasteiger partial charge on any atom is -0.357 e. The van der Waals surface area contributed by atoms with Crippen molar-refractivity contribution in [2.24, 2.45) is 4.99 Å². The molecule has 0 amide bonds. The van der Waals surface area contributed by atoms with Gasteiger partial charge in [0, 0.05) is 24.7 Å². The molecule has 4 nitrogen and oxygen atoms in total. The molecule has 0 atom stereocenters. The van der Waals surface area contributed by atoms with Gasteiger partial charge in [-0.05, 0) is 49.8 Å². The number of aliphatic imine (C=N–C) groups is 1. The van der Waals surface area contributed by atoms with E-state index in [4.69, 9.17) is 11.6 Å². The average molecular weight is 359 g/mol. The van der Waals surface area contributed by atoms with E-state index < -0.39 is 0 Å². The molecule has 2 N–H and O–H groups in total. The monoisotopic (exact) mass is 358 g/mol. The van der Waals surface area contributed by atoms with Crippen molar-refractivity contribution in [1.82, 2.24) is 15.5 Å². The molecular formula is C20H27ClN4. The highest BCUT2D eigenvalue weighted by Gasteiger charge is 2.00. The number of nitrogens with one attached hydrogen (secondary N) is 2. The van der Waals surface area contributed by atoms with Gasteiger partial charge in [-0.2, -0.15) is 0 Å². The van der Waals surface area contributed by atoms with E-state index in [9.17, 15) is 0 Å². The molecule has 0 saturated carbocycles. The van der Waals surface area contributed by atoms with Crippen LogP contribution >= 0.6 is 11.6 Å². The molecular weight excluding hydrogens is 332 g/mol. The van der Waals surface area contributed by atoms with Gasteiger partial charge in [0.1, 0.15) is 0 Å². The Labute approximate surface area is 155 Å². The zero-order valence-corrected chi connectivity index (χ0v) is 16.0. The molecule has 0 fully saturated rings. The highest BCUT2D eigenvalue weighted by Crippen LogP contribution is 2.10. The molecule has 0 bridgehead atoms. The molecule has 0 radical (unpaired) electrons. The van der Waals surface area contributed by atoms with E-state index >= 15 is 0 Å². The highest BCUT2D eigenvalue weighted by molar-refractivity contribution is 6.30. The second-order valence-electron chi connectivity index (χ2n) is 6.23. The van der Waals surface area contributed by atoms with Gasteiger partial charge in [0.05, 0.1) is 6.54 Å². The average Bonchev–Trinajstić information content (AvgIpc) is 2.59. The lowest BCUT2D eigenvalue weighted by atomic mass is 10.1. The van der Waals surface area contributed by atoms with Crippen molar-refractivity contribution < 1.29 is 0 Å². The summed E-state index contributed by atoms with van der Waals surface area (Å²) in [6.07, 6.45) is 0. The Bertz CT molecular complexity index is 663. The van der Waals surface area contributed by atoms with Crippen molar-refractivity contribution in [3.8, 4) is 0 Å². The van der Waals surface area contributed by atoms with Crippen LogP contribution in [0.25, 0.3) is 0 Å². The lowest BCUT2D eigenvalue weighted by molar-refractivity contribution is 0.402. The van der Waals surface area contributed by atoms with Gasteiger partial charge in [-0.3, -0.25) is 0 Å². The highest BCUT2D eigenvalue weighted by atomic mass is 35.5. The van der Waals surface area contributed by atoms with Crippen LogP contribution in [0.5, 0.6) is 0 Å². The smallest absolute Gasteiger partial charge is 0.191 e. The number of halogens is 1. The summed E-state index contributed by atoms with van der Waals surface area (Å²) in [5.41, 5.74) is 3.69. The molecule has 5 heteroatoms. The van der Waals surface area contributed by atoms with Crippen molar-refractivity contribution in [1.29, 1.82) is 0 Å². The summed E-state index contributed by atoms with van der Waals surface area (Å²) in [7, 11) is 4.16. The third kappa shape index (κ3) is 7.16. The molecule has 134 valence electrons. The third-order valence-electron chi connectivity index (χ3n) is 3.66. The van der Waals surface area contributed by atoms with E-state index in [1.807, 2.05) is 24.3 Å². The van der Waals surface area contributed by atoms with Crippen LogP contribution in [-0.2, 0) is 19.6 Å². The first-order chi connectivity index (χ1) is 12.1. The summed E-state index contributed by atoms with van der Waals surface area (Å²) in [5, 5.41) is 7.41. The lowest BCUT2D eigenvalue weighted by Crippen LogP contribution is -2.36. The van der Waals surface area contributed by atoms with Crippen LogP contribution in [0, 0.1) is 0 Å². The maximum Gasteiger partial charge on any atom is 0.191 e. The quantitative estimate of drug-likeness (QED) is 0.586. The number of guanidine groups is 1. The summed E-state index contributed by atoms with van der Waals surface area (Å²) < 4.78 is 0. The zero-order chi connectivity index (χ0) is 18.1. The van der Waals surface area contributed by atoms with E-state index in [0.29, 0.717) is 6.54 Å². The van der Waals surface area contributed by atoms with E-state index in [-0.39, 0.29) is 0 Å². The molecule has 2 aromatic rings. The fourth-order valence-electron chi connectivity index (χ4n) is 2.42.